The SMILES string of the molecule is COc1ccc(-c2ccc(C=CC(=O)c3ccccc3)cc2)cc1. The molecule has 0 aliphatic heterocycles. The summed E-state index contributed by atoms with van der Waals surface area (Å²) in [6.45, 7) is 0. The topological polar surface area (TPSA) is 26.3 Å². The van der Waals surface area contributed by atoms with Crippen molar-refractivity contribution >= 4 is 11.9 Å². The lowest BCUT2D eigenvalue weighted by Gasteiger charge is -2.04. The maximum absolute atomic E-state index is 12.1. The van der Waals surface area contributed by atoms with Gasteiger partial charge in [0.1, 0.15) is 5.75 Å². The Morgan fingerprint density at radius 3 is 1.96 bits per heavy atom. The van der Waals surface area contributed by atoms with Crippen molar-refractivity contribution in [3.63, 3.8) is 0 Å². The highest BCUT2D eigenvalue weighted by molar-refractivity contribution is 6.06. The van der Waals surface area contributed by atoms with Crippen LogP contribution in [0.4, 0.5) is 0 Å². The second-order valence-corrected chi connectivity index (χ2v) is 5.41. The molecule has 3 aromatic carbocycles. The zero-order valence-corrected chi connectivity index (χ0v) is 13.5. The van der Waals surface area contributed by atoms with Gasteiger partial charge in [0.2, 0.25) is 0 Å². The van der Waals surface area contributed by atoms with Crippen molar-refractivity contribution in [2.45, 2.75) is 0 Å². The van der Waals surface area contributed by atoms with Crippen molar-refractivity contribution < 1.29 is 9.53 Å². The van der Waals surface area contributed by atoms with E-state index in [-0.39, 0.29) is 5.78 Å². The maximum atomic E-state index is 12.1. The fraction of sp³-hybridized carbons (Fsp3) is 0.0455. The van der Waals surface area contributed by atoms with Crippen molar-refractivity contribution in [3.05, 3.63) is 96.1 Å². The van der Waals surface area contributed by atoms with Gasteiger partial charge in [-0.05, 0) is 34.9 Å². The van der Waals surface area contributed by atoms with Crippen LogP contribution in [0.5, 0.6) is 5.75 Å². The molecule has 0 unspecified atom stereocenters. The van der Waals surface area contributed by atoms with Crippen LogP contribution in [0.15, 0.2) is 84.9 Å². The molecule has 0 aliphatic carbocycles. The van der Waals surface area contributed by atoms with E-state index >= 15 is 0 Å². The summed E-state index contributed by atoms with van der Waals surface area (Å²) in [5, 5.41) is 0. The highest BCUT2D eigenvalue weighted by Gasteiger charge is 2.01. The summed E-state index contributed by atoms with van der Waals surface area (Å²) < 4.78 is 5.17. The van der Waals surface area contributed by atoms with Crippen molar-refractivity contribution in [1.82, 2.24) is 0 Å². The number of rotatable bonds is 5. The second-order valence-electron chi connectivity index (χ2n) is 5.41. The summed E-state index contributed by atoms with van der Waals surface area (Å²) in [5.74, 6) is 0.854. The van der Waals surface area contributed by atoms with Crippen LogP contribution in [0, 0.1) is 0 Å². The molecule has 0 fully saturated rings. The summed E-state index contributed by atoms with van der Waals surface area (Å²) in [6.07, 6.45) is 3.45. The third kappa shape index (κ3) is 3.79. The van der Waals surface area contributed by atoms with Gasteiger partial charge in [-0.1, -0.05) is 72.8 Å². The van der Waals surface area contributed by atoms with Crippen LogP contribution in [-0.2, 0) is 0 Å². The van der Waals surface area contributed by atoms with Crippen LogP contribution in [-0.4, -0.2) is 12.9 Å². The van der Waals surface area contributed by atoms with Crippen LogP contribution in [0.1, 0.15) is 15.9 Å². The van der Waals surface area contributed by atoms with E-state index in [1.807, 2.05) is 72.8 Å². The Morgan fingerprint density at radius 2 is 1.38 bits per heavy atom. The van der Waals surface area contributed by atoms with E-state index in [4.69, 9.17) is 4.74 Å². The second kappa shape index (κ2) is 7.42. The summed E-state index contributed by atoms with van der Waals surface area (Å²) in [5.41, 5.74) is 3.95. The molecule has 0 aromatic heterocycles. The van der Waals surface area contributed by atoms with Crippen molar-refractivity contribution in [3.8, 4) is 16.9 Å². The fourth-order valence-electron chi connectivity index (χ4n) is 2.44. The Morgan fingerprint density at radius 1 is 0.792 bits per heavy atom. The van der Waals surface area contributed by atoms with E-state index in [1.54, 1.807) is 13.2 Å². The van der Waals surface area contributed by atoms with Crippen LogP contribution in [0.3, 0.4) is 0 Å². The minimum absolute atomic E-state index is 0.00910. The Balaban J connectivity index is 1.72. The van der Waals surface area contributed by atoms with Crippen LogP contribution < -0.4 is 4.74 Å². The molecular weight excluding hydrogens is 296 g/mol. The van der Waals surface area contributed by atoms with Gasteiger partial charge in [-0.3, -0.25) is 4.79 Å². The zero-order valence-electron chi connectivity index (χ0n) is 13.5. The standard InChI is InChI=1S/C22H18O2/c1-24-21-14-12-19(13-15-21)18-10-7-17(8-11-18)9-16-22(23)20-5-3-2-4-6-20/h2-16H,1H3. The molecular formula is C22H18O2. The number of hydrogen-bond donors (Lipinski definition) is 0. The van der Waals surface area contributed by atoms with Crippen LogP contribution in [0.2, 0.25) is 0 Å². The molecule has 0 bridgehead atoms. The van der Waals surface area contributed by atoms with Crippen molar-refractivity contribution in [2.75, 3.05) is 7.11 Å². The Hall–Kier alpha value is -3.13. The highest BCUT2D eigenvalue weighted by Crippen LogP contribution is 2.23. The molecule has 0 saturated carbocycles. The smallest absolute Gasteiger partial charge is 0.185 e. The fourth-order valence-corrected chi connectivity index (χ4v) is 2.44. The molecule has 3 aromatic rings. The number of carbonyl (C=O) groups is 1. The van der Waals surface area contributed by atoms with Gasteiger partial charge in [0, 0.05) is 5.56 Å². The molecule has 24 heavy (non-hydrogen) atoms. The molecule has 0 N–H and O–H groups in total. The Kier molecular flexibility index (Phi) is 4.87. The van der Waals surface area contributed by atoms with E-state index in [0.29, 0.717) is 5.56 Å². The van der Waals surface area contributed by atoms with Crippen molar-refractivity contribution in [1.29, 1.82) is 0 Å². The van der Waals surface area contributed by atoms with E-state index in [1.165, 1.54) is 0 Å². The van der Waals surface area contributed by atoms with Gasteiger partial charge in [0.15, 0.2) is 5.78 Å². The molecule has 2 heteroatoms. The molecule has 0 aliphatic rings. The number of ketones is 1. The van der Waals surface area contributed by atoms with E-state index in [2.05, 4.69) is 12.1 Å². The predicted octanol–water partition coefficient (Wildman–Crippen LogP) is 5.26. The number of benzene rings is 3. The first-order valence-corrected chi connectivity index (χ1v) is 7.78. The first-order valence-electron chi connectivity index (χ1n) is 7.78. The van der Waals surface area contributed by atoms with Crippen LogP contribution in [0.25, 0.3) is 17.2 Å². The van der Waals surface area contributed by atoms with E-state index < -0.39 is 0 Å². The van der Waals surface area contributed by atoms with Crippen molar-refractivity contribution in [2.24, 2.45) is 0 Å². The lowest BCUT2D eigenvalue weighted by atomic mass is 10.0. The van der Waals surface area contributed by atoms with Gasteiger partial charge in [0.25, 0.3) is 0 Å². The third-order valence-electron chi connectivity index (χ3n) is 3.82. The number of methoxy groups -OCH3 is 1. The Bertz CT molecular complexity index is 829. The average molecular weight is 314 g/mol. The first-order chi connectivity index (χ1) is 11.8. The zero-order chi connectivity index (χ0) is 16.8. The minimum atomic E-state index is 0.00910. The highest BCUT2D eigenvalue weighted by atomic mass is 16.5. The average Bonchev–Trinajstić information content (AvgIpc) is 2.67. The van der Waals surface area contributed by atoms with Crippen LogP contribution >= 0.6 is 0 Å². The molecule has 0 radical (unpaired) electrons. The summed E-state index contributed by atoms with van der Waals surface area (Å²) in [6, 6.07) is 25.3. The van der Waals surface area contributed by atoms with E-state index in [9.17, 15) is 4.79 Å². The molecule has 118 valence electrons. The largest absolute Gasteiger partial charge is 0.497 e. The van der Waals surface area contributed by atoms with E-state index in [0.717, 1.165) is 22.4 Å². The normalized spacial score (nSPS) is 10.7. The van der Waals surface area contributed by atoms with Gasteiger partial charge < -0.3 is 4.74 Å². The lowest BCUT2D eigenvalue weighted by Crippen LogP contribution is -1.92. The van der Waals surface area contributed by atoms with Gasteiger partial charge in [-0.2, -0.15) is 0 Å². The predicted molar refractivity (Wildman–Crippen MR) is 98.2 cm³/mol. The first kappa shape index (κ1) is 15.8. The number of allylic oxidation sites excluding steroid dienone is 1. The Labute approximate surface area is 142 Å². The summed E-state index contributed by atoms with van der Waals surface area (Å²) >= 11 is 0. The monoisotopic (exact) mass is 314 g/mol. The summed E-state index contributed by atoms with van der Waals surface area (Å²) in [7, 11) is 1.66. The lowest BCUT2D eigenvalue weighted by molar-refractivity contribution is 0.104. The number of ether oxygens (including phenoxy) is 1. The maximum Gasteiger partial charge on any atom is 0.185 e. The molecule has 0 spiro atoms. The minimum Gasteiger partial charge on any atom is -0.497 e. The van der Waals surface area contributed by atoms with Gasteiger partial charge >= 0.3 is 0 Å². The molecule has 0 heterocycles. The number of hydrogen-bond acceptors (Lipinski definition) is 2. The quantitative estimate of drug-likeness (QED) is 0.474. The molecule has 0 amide bonds. The summed E-state index contributed by atoms with van der Waals surface area (Å²) in [4.78, 5) is 12.1. The van der Waals surface area contributed by atoms with Gasteiger partial charge in [-0.15, -0.1) is 0 Å². The van der Waals surface area contributed by atoms with Gasteiger partial charge in [0.05, 0.1) is 7.11 Å². The van der Waals surface area contributed by atoms with Gasteiger partial charge in [-0.25, -0.2) is 0 Å². The number of carbonyl (C=O) groups excluding carboxylic acids is 1. The third-order valence-corrected chi connectivity index (χ3v) is 3.82. The molecule has 3 rings (SSSR count). The molecule has 0 atom stereocenters. The molecule has 2 nitrogen and oxygen atoms in total. The molecule has 0 saturated heterocycles.